The molecule has 0 aliphatic carbocycles. The third-order valence-corrected chi connectivity index (χ3v) is 7.08. The highest BCUT2D eigenvalue weighted by Crippen LogP contribution is 2.36. The van der Waals surface area contributed by atoms with Crippen LogP contribution in [0.3, 0.4) is 0 Å². The number of carbonyl (C=O) groups is 1. The van der Waals surface area contributed by atoms with Crippen LogP contribution in [0.2, 0.25) is 0 Å². The van der Waals surface area contributed by atoms with Crippen molar-refractivity contribution in [2.75, 3.05) is 0 Å². The Bertz CT molecular complexity index is 1440. The van der Waals surface area contributed by atoms with Gasteiger partial charge in [0.25, 0.3) is 5.91 Å². The Morgan fingerprint density at radius 3 is 2.29 bits per heavy atom. The number of benzene rings is 3. The minimum Gasteiger partial charge on any atom is -0.318 e. The van der Waals surface area contributed by atoms with E-state index in [0.717, 1.165) is 33.9 Å². The number of aryl methyl sites for hydroxylation is 2. The molecule has 1 saturated heterocycles. The van der Waals surface area contributed by atoms with Gasteiger partial charge < -0.3 is 4.57 Å². The number of carbonyl (C=O) groups excluding carboxylic acids is 1. The molecule has 0 unspecified atom stereocenters. The van der Waals surface area contributed by atoms with E-state index < -0.39 is 0 Å². The van der Waals surface area contributed by atoms with Gasteiger partial charge in [-0.05, 0) is 85.6 Å². The summed E-state index contributed by atoms with van der Waals surface area (Å²) in [5.41, 5.74) is 7.54. The van der Waals surface area contributed by atoms with Gasteiger partial charge >= 0.3 is 0 Å². The fraction of sp³-hybridized carbons (Fsp3) is 0.133. The van der Waals surface area contributed by atoms with Gasteiger partial charge in [0.05, 0.1) is 17.1 Å². The van der Waals surface area contributed by atoms with Crippen LogP contribution in [0.25, 0.3) is 11.8 Å². The predicted octanol–water partition coefficient (Wildman–Crippen LogP) is 7.21. The second-order valence-electron chi connectivity index (χ2n) is 8.72. The number of para-hydroxylation sites is 1. The highest BCUT2D eigenvalue weighted by molar-refractivity contribution is 8.18. The molecule has 35 heavy (non-hydrogen) atoms. The van der Waals surface area contributed by atoms with E-state index in [1.807, 2.05) is 66.7 Å². The van der Waals surface area contributed by atoms with Crippen LogP contribution < -0.4 is 0 Å². The van der Waals surface area contributed by atoms with Crippen molar-refractivity contribution in [1.82, 2.24) is 9.47 Å². The third-order valence-electron chi connectivity index (χ3n) is 6.07. The van der Waals surface area contributed by atoms with Gasteiger partial charge in [0, 0.05) is 17.1 Å². The Labute approximate surface area is 210 Å². The topological polar surface area (TPSA) is 37.6 Å². The summed E-state index contributed by atoms with van der Waals surface area (Å²) in [5.74, 6) is -0.0195. The van der Waals surface area contributed by atoms with Gasteiger partial charge in [0.1, 0.15) is 0 Å². The molecule has 0 spiro atoms. The second kappa shape index (κ2) is 9.80. The highest BCUT2D eigenvalue weighted by Gasteiger charge is 2.33. The Kier molecular flexibility index (Phi) is 6.43. The number of hydrogen-bond acceptors (Lipinski definition) is 3. The lowest BCUT2D eigenvalue weighted by Gasteiger charge is -2.15. The van der Waals surface area contributed by atoms with E-state index in [0.29, 0.717) is 16.6 Å². The number of nitrogens with zero attached hydrogens (tertiary/aromatic N) is 3. The third kappa shape index (κ3) is 4.86. The average Bonchev–Trinajstić information content (AvgIpc) is 3.30. The maximum absolute atomic E-state index is 13.6. The monoisotopic (exact) mass is 477 g/mol. The number of amides is 1. The Balaban J connectivity index is 1.53. The van der Waals surface area contributed by atoms with Crippen LogP contribution in [-0.2, 0) is 11.3 Å². The molecule has 0 bridgehead atoms. The Hall–Kier alpha value is -3.83. The maximum atomic E-state index is 13.6. The van der Waals surface area contributed by atoms with E-state index in [9.17, 15) is 4.79 Å². The van der Waals surface area contributed by atoms with Gasteiger partial charge in [-0.1, -0.05) is 60.7 Å². The summed E-state index contributed by atoms with van der Waals surface area (Å²) in [6.07, 6.45) is 2.01. The molecule has 3 aromatic carbocycles. The smallest absolute Gasteiger partial charge is 0.267 e. The minimum atomic E-state index is -0.0195. The fourth-order valence-corrected chi connectivity index (χ4v) is 5.34. The van der Waals surface area contributed by atoms with Crippen LogP contribution in [0.5, 0.6) is 0 Å². The lowest BCUT2D eigenvalue weighted by atomic mass is 10.2. The molecule has 1 amide bonds. The molecule has 5 heteroatoms. The SMILES string of the molecule is Cc1cccc(-n2c(C)cc(/C=C3\SC(=Nc4ccccc4)N(Cc4ccccc4)C3=O)c2C)c1. The van der Waals surface area contributed by atoms with Gasteiger partial charge in [-0.2, -0.15) is 0 Å². The van der Waals surface area contributed by atoms with Gasteiger partial charge in [-0.15, -0.1) is 0 Å². The summed E-state index contributed by atoms with van der Waals surface area (Å²) in [6, 6.07) is 30.5. The van der Waals surface area contributed by atoms with E-state index in [4.69, 9.17) is 4.99 Å². The molecule has 1 aliphatic rings. The molecule has 1 aromatic heterocycles. The molecule has 0 atom stereocenters. The molecule has 0 N–H and O–H groups in total. The fourth-order valence-electron chi connectivity index (χ4n) is 4.35. The van der Waals surface area contributed by atoms with Crippen molar-refractivity contribution in [3.63, 3.8) is 0 Å². The number of hydrogen-bond donors (Lipinski definition) is 0. The predicted molar refractivity (Wildman–Crippen MR) is 146 cm³/mol. The van der Waals surface area contributed by atoms with E-state index in [-0.39, 0.29) is 5.91 Å². The van der Waals surface area contributed by atoms with Crippen molar-refractivity contribution in [3.05, 3.63) is 124 Å². The molecular formula is C30H27N3OS. The van der Waals surface area contributed by atoms with Crippen LogP contribution in [0, 0.1) is 20.8 Å². The molecule has 0 radical (unpaired) electrons. The summed E-state index contributed by atoms with van der Waals surface area (Å²) in [7, 11) is 0. The van der Waals surface area contributed by atoms with Crippen molar-refractivity contribution in [2.24, 2.45) is 4.99 Å². The second-order valence-corrected chi connectivity index (χ2v) is 9.73. The first-order chi connectivity index (χ1) is 17.0. The van der Waals surface area contributed by atoms with Crippen molar-refractivity contribution in [2.45, 2.75) is 27.3 Å². The number of amidine groups is 1. The Morgan fingerprint density at radius 2 is 1.57 bits per heavy atom. The van der Waals surface area contributed by atoms with Gasteiger partial charge in [-0.25, -0.2) is 4.99 Å². The highest BCUT2D eigenvalue weighted by atomic mass is 32.2. The zero-order valence-corrected chi connectivity index (χ0v) is 20.9. The standard InChI is InChI=1S/C30H27N3OS/c1-21-11-10-16-27(17-21)33-22(2)18-25(23(33)3)19-28-29(34)32(20-24-12-6-4-7-13-24)30(35-28)31-26-14-8-5-9-15-26/h4-19H,20H2,1-3H3/b28-19-,31-30?. The molecule has 1 fully saturated rings. The zero-order chi connectivity index (χ0) is 24.4. The zero-order valence-electron chi connectivity index (χ0n) is 20.1. The molecule has 0 saturated carbocycles. The van der Waals surface area contributed by atoms with Crippen molar-refractivity contribution >= 4 is 34.6 Å². The first-order valence-electron chi connectivity index (χ1n) is 11.6. The minimum absolute atomic E-state index is 0.0195. The van der Waals surface area contributed by atoms with E-state index in [1.54, 1.807) is 4.90 Å². The first kappa shape index (κ1) is 22.9. The van der Waals surface area contributed by atoms with E-state index >= 15 is 0 Å². The Morgan fingerprint density at radius 1 is 0.857 bits per heavy atom. The number of rotatable bonds is 5. The van der Waals surface area contributed by atoms with Crippen molar-refractivity contribution < 1.29 is 4.79 Å². The summed E-state index contributed by atoms with van der Waals surface area (Å²) in [5, 5.41) is 0.698. The normalized spacial score (nSPS) is 16.0. The van der Waals surface area contributed by atoms with Crippen LogP contribution in [-0.4, -0.2) is 20.5 Å². The summed E-state index contributed by atoms with van der Waals surface area (Å²) in [6.45, 7) is 6.79. The van der Waals surface area contributed by atoms with E-state index in [1.165, 1.54) is 17.3 Å². The van der Waals surface area contributed by atoms with Crippen molar-refractivity contribution in [3.8, 4) is 5.69 Å². The van der Waals surface area contributed by atoms with Gasteiger partial charge in [-0.3, -0.25) is 9.69 Å². The van der Waals surface area contributed by atoms with Crippen LogP contribution in [0.4, 0.5) is 5.69 Å². The molecule has 5 rings (SSSR count). The number of aliphatic imine (C=N–C) groups is 1. The van der Waals surface area contributed by atoms with Gasteiger partial charge in [0.2, 0.25) is 0 Å². The molecule has 2 heterocycles. The quantitative estimate of drug-likeness (QED) is 0.285. The molecule has 4 nitrogen and oxygen atoms in total. The molecule has 4 aromatic rings. The average molecular weight is 478 g/mol. The summed E-state index contributed by atoms with van der Waals surface area (Å²) < 4.78 is 2.24. The summed E-state index contributed by atoms with van der Waals surface area (Å²) in [4.78, 5) is 20.9. The molecule has 174 valence electrons. The lowest BCUT2D eigenvalue weighted by Crippen LogP contribution is -2.28. The van der Waals surface area contributed by atoms with Crippen LogP contribution >= 0.6 is 11.8 Å². The van der Waals surface area contributed by atoms with Crippen molar-refractivity contribution in [1.29, 1.82) is 0 Å². The lowest BCUT2D eigenvalue weighted by molar-refractivity contribution is -0.122. The molecular weight excluding hydrogens is 450 g/mol. The van der Waals surface area contributed by atoms with Gasteiger partial charge in [0.15, 0.2) is 5.17 Å². The number of aromatic nitrogens is 1. The maximum Gasteiger partial charge on any atom is 0.267 e. The number of thioether (sulfide) groups is 1. The van der Waals surface area contributed by atoms with Crippen LogP contribution in [0.1, 0.15) is 28.1 Å². The van der Waals surface area contributed by atoms with E-state index in [2.05, 4.69) is 55.7 Å². The largest absolute Gasteiger partial charge is 0.318 e. The first-order valence-corrected chi connectivity index (χ1v) is 12.5. The molecule has 1 aliphatic heterocycles. The summed E-state index contributed by atoms with van der Waals surface area (Å²) >= 11 is 1.44. The van der Waals surface area contributed by atoms with Crippen LogP contribution in [0.15, 0.2) is 101 Å².